The molecule has 35 heavy (non-hydrogen) atoms. The van der Waals surface area contributed by atoms with Gasteiger partial charge in [0.1, 0.15) is 19.7 Å². The van der Waals surface area contributed by atoms with E-state index in [1.807, 2.05) is 48.5 Å². The average molecular weight is 481 g/mol. The molecule has 5 rings (SSSR count). The Bertz CT molecular complexity index is 1010. The van der Waals surface area contributed by atoms with Crippen LogP contribution in [0.4, 0.5) is 4.79 Å². The molecule has 2 unspecified atom stereocenters. The Balaban J connectivity index is 1.43. The van der Waals surface area contributed by atoms with Gasteiger partial charge >= 0.3 is 12.1 Å². The van der Waals surface area contributed by atoms with E-state index >= 15 is 0 Å². The van der Waals surface area contributed by atoms with Crippen LogP contribution in [-0.2, 0) is 19.0 Å². The normalized spacial score (nSPS) is 23.8. The van der Waals surface area contributed by atoms with Crippen molar-refractivity contribution in [2.75, 3.05) is 46.5 Å². The molecule has 3 saturated heterocycles. The number of rotatable bonds is 10. The summed E-state index contributed by atoms with van der Waals surface area (Å²) in [4.78, 5) is 25.6. The van der Waals surface area contributed by atoms with E-state index in [4.69, 9.17) is 19.6 Å². The summed E-state index contributed by atoms with van der Waals surface area (Å²) >= 11 is 0. The van der Waals surface area contributed by atoms with Crippen LogP contribution in [0.5, 0.6) is 0 Å². The van der Waals surface area contributed by atoms with E-state index in [1.165, 1.54) is 7.11 Å². The quantitative estimate of drug-likeness (QED) is 0.235. The molecule has 2 N–H and O–H groups in total. The Kier molecular flexibility index (Phi) is 8.15. The van der Waals surface area contributed by atoms with E-state index < -0.39 is 18.1 Å². The highest BCUT2D eigenvalue weighted by Crippen LogP contribution is 2.36. The molecule has 8 heteroatoms. The van der Waals surface area contributed by atoms with Crippen LogP contribution in [0.2, 0.25) is 0 Å². The molecular weight excluding hydrogens is 446 g/mol. The Morgan fingerprint density at radius 2 is 1.69 bits per heavy atom. The summed E-state index contributed by atoms with van der Waals surface area (Å²) < 4.78 is 16.8. The summed E-state index contributed by atoms with van der Waals surface area (Å²) in [6.45, 7) is 3.65. The van der Waals surface area contributed by atoms with Crippen molar-refractivity contribution in [3.63, 3.8) is 0 Å². The Morgan fingerprint density at radius 1 is 1.03 bits per heavy atom. The summed E-state index contributed by atoms with van der Waals surface area (Å²) in [6, 6.07) is 17.9. The van der Waals surface area contributed by atoms with E-state index in [0.717, 1.165) is 36.0 Å². The second-order valence-electron chi connectivity index (χ2n) is 9.40. The van der Waals surface area contributed by atoms with Crippen molar-refractivity contribution < 1.29 is 28.3 Å². The van der Waals surface area contributed by atoms with Gasteiger partial charge in [-0.3, -0.25) is 5.41 Å². The lowest BCUT2D eigenvalue weighted by atomic mass is 9.82. The van der Waals surface area contributed by atoms with Crippen molar-refractivity contribution in [2.24, 2.45) is 5.92 Å². The summed E-state index contributed by atoms with van der Waals surface area (Å²) in [5.41, 5.74) is 2.18. The van der Waals surface area contributed by atoms with Gasteiger partial charge in [-0.05, 0) is 5.56 Å². The molecule has 8 nitrogen and oxygen atoms in total. The molecule has 3 fully saturated rings. The number of quaternary nitrogens is 1. The van der Waals surface area contributed by atoms with Gasteiger partial charge in [0.25, 0.3) is 0 Å². The van der Waals surface area contributed by atoms with E-state index in [-0.39, 0.29) is 19.3 Å². The van der Waals surface area contributed by atoms with Crippen LogP contribution >= 0.6 is 0 Å². The van der Waals surface area contributed by atoms with Crippen LogP contribution in [-0.4, -0.2) is 74.9 Å². The van der Waals surface area contributed by atoms with E-state index in [1.54, 1.807) is 12.1 Å². The zero-order valence-corrected chi connectivity index (χ0v) is 20.2. The predicted molar refractivity (Wildman–Crippen MR) is 131 cm³/mol. The van der Waals surface area contributed by atoms with E-state index in [0.29, 0.717) is 30.3 Å². The molecule has 0 aromatic heterocycles. The largest absolute Gasteiger partial charge is 0.454 e. The first-order chi connectivity index (χ1) is 17.0. The summed E-state index contributed by atoms with van der Waals surface area (Å²) in [5.74, 6) is -0.190. The molecule has 1 amide bonds. The molecule has 3 aliphatic rings. The first-order valence-corrected chi connectivity index (χ1v) is 12.2. The standard InChI is InChI=1S/C27H33N3O5/c1-33-16-17-34-27(32)29-25(22-10-6-3-7-11-22)26(31)35-24-19-30(14-12-21(24)13-15-30)18-23(28)20-8-4-2-5-9-20/h2-11,21,24-25,28H,12-19H2,1H3/p+1. The van der Waals surface area contributed by atoms with Crippen LogP contribution in [0.25, 0.3) is 0 Å². The zero-order valence-electron chi connectivity index (χ0n) is 20.2. The van der Waals surface area contributed by atoms with Gasteiger partial charge in [-0.25, -0.2) is 9.59 Å². The van der Waals surface area contributed by atoms with Gasteiger partial charge in [0.05, 0.1) is 25.4 Å². The minimum Gasteiger partial charge on any atom is -0.454 e. The fourth-order valence-electron chi connectivity index (χ4n) is 5.16. The summed E-state index contributed by atoms with van der Waals surface area (Å²) in [7, 11) is 1.52. The van der Waals surface area contributed by atoms with E-state index in [9.17, 15) is 9.59 Å². The zero-order chi connectivity index (χ0) is 24.7. The van der Waals surface area contributed by atoms with Crippen molar-refractivity contribution in [2.45, 2.75) is 25.0 Å². The molecule has 2 aromatic carbocycles. The van der Waals surface area contributed by atoms with Gasteiger partial charge in [-0.1, -0.05) is 60.7 Å². The van der Waals surface area contributed by atoms with Gasteiger partial charge < -0.3 is 24.0 Å². The highest BCUT2D eigenvalue weighted by Gasteiger charge is 2.48. The molecule has 2 aromatic rings. The molecule has 3 heterocycles. The molecule has 2 bridgehead atoms. The molecule has 186 valence electrons. The maximum atomic E-state index is 13.3. The number of esters is 1. The fourth-order valence-corrected chi connectivity index (χ4v) is 5.16. The monoisotopic (exact) mass is 480 g/mol. The number of methoxy groups -OCH3 is 1. The first kappa shape index (κ1) is 24.9. The minimum absolute atomic E-state index is 0.0942. The molecule has 2 atom stereocenters. The van der Waals surface area contributed by atoms with Crippen molar-refractivity contribution in [1.29, 1.82) is 5.41 Å². The number of ether oxygens (including phenoxy) is 3. The van der Waals surface area contributed by atoms with Crippen LogP contribution in [0.15, 0.2) is 60.7 Å². The highest BCUT2D eigenvalue weighted by molar-refractivity contribution is 5.99. The Morgan fingerprint density at radius 3 is 2.34 bits per heavy atom. The third kappa shape index (κ3) is 6.26. The maximum absolute atomic E-state index is 13.3. The number of nitrogens with zero attached hydrogens (tertiary/aromatic N) is 1. The summed E-state index contributed by atoms with van der Waals surface area (Å²) in [5, 5.41) is 11.3. The van der Waals surface area contributed by atoms with Crippen LogP contribution in [0.3, 0.4) is 0 Å². The van der Waals surface area contributed by atoms with Crippen LogP contribution in [0, 0.1) is 11.3 Å². The molecule has 0 aliphatic carbocycles. The van der Waals surface area contributed by atoms with Gasteiger partial charge in [-0.15, -0.1) is 0 Å². The predicted octanol–water partition coefficient (Wildman–Crippen LogP) is 3.32. The van der Waals surface area contributed by atoms with Crippen molar-refractivity contribution in [1.82, 2.24) is 5.32 Å². The molecular formula is C27H34N3O5+. The fraction of sp³-hybridized carbons (Fsp3) is 0.444. The molecule has 0 saturated carbocycles. The van der Waals surface area contributed by atoms with Crippen LogP contribution in [0.1, 0.15) is 30.0 Å². The van der Waals surface area contributed by atoms with Crippen molar-refractivity contribution >= 4 is 17.8 Å². The third-order valence-corrected chi connectivity index (χ3v) is 7.08. The average Bonchev–Trinajstić information content (AvgIpc) is 2.89. The van der Waals surface area contributed by atoms with Gasteiger partial charge in [0.15, 0.2) is 12.1 Å². The minimum atomic E-state index is -0.960. The van der Waals surface area contributed by atoms with E-state index in [2.05, 4.69) is 5.32 Å². The molecule has 0 radical (unpaired) electrons. The van der Waals surface area contributed by atoms with Crippen molar-refractivity contribution in [3.8, 4) is 0 Å². The number of alkyl carbamates (subject to hydrolysis) is 1. The molecule has 0 spiro atoms. The lowest BCUT2D eigenvalue weighted by molar-refractivity contribution is -0.938. The number of amides is 1. The molecule has 3 aliphatic heterocycles. The number of carbonyl (C=O) groups excluding carboxylic acids is 2. The lowest BCUT2D eigenvalue weighted by Gasteiger charge is -2.52. The topological polar surface area (TPSA) is 97.7 Å². The number of hydrogen-bond acceptors (Lipinski definition) is 6. The van der Waals surface area contributed by atoms with Gasteiger partial charge in [0, 0.05) is 31.4 Å². The van der Waals surface area contributed by atoms with Gasteiger partial charge in [-0.2, -0.15) is 0 Å². The lowest BCUT2D eigenvalue weighted by Crippen LogP contribution is -2.66. The van der Waals surface area contributed by atoms with Gasteiger partial charge in [0.2, 0.25) is 0 Å². The number of hydrogen-bond donors (Lipinski definition) is 2. The highest BCUT2D eigenvalue weighted by atomic mass is 16.6. The second-order valence-corrected chi connectivity index (χ2v) is 9.40. The smallest absolute Gasteiger partial charge is 0.408 e. The van der Waals surface area contributed by atoms with Crippen molar-refractivity contribution in [3.05, 3.63) is 71.8 Å². The first-order valence-electron chi connectivity index (χ1n) is 12.2. The number of nitrogens with one attached hydrogen (secondary N) is 2. The number of carbonyl (C=O) groups is 2. The number of benzene rings is 2. The SMILES string of the molecule is COCCOC(=O)NC(C(=O)OC1C[N+]2(CC(=N)c3ccccc3)CCC1CC2)c1ccccc1. The Hall–Kier alpha value is -3.23. The second kappa shape index (κ2) is 11.5. The summed E-state index contributed by atoms with van der Waals surface area (Å²) in [6.07, 6.45) is 0.984. The van der Waals surface area contributed by atoms with Crippen LogP contribution < -0.4 is 5.32 Å². The number of piperidine rings is 3. The Labute approximate surface area is 206 Å². The number of fused-ring (bicyclic) bond motifs is 3. The third-order valence-electron chi connectivity index (χ3n) is 7.08. The maximum Gasteiger partial charge on any atom is 0.408 e.